The SMILES string of the molecule is Cc1cccc(-n2c(SCc3cccc(F)c3)nc3ccccc3c2=O)c1C. The summed E-state index contributed by atoms with van der Waals surface area (Å²) in [7, 11) is 0. The smallest absolute Gasteiger partial charge is 0.266 e. The molecule has 0 unspecified atom stereocenters. The first-order valence-corrected chi connectivity index (χ1v) is 9.99. The second-order valence-corrected chi connectivity index (χ2v) is 7.63. The van der Waals surface area contributed by atoms with Crippen molar-refractivity contribution in [1.82, 2.24) is 9.55 Å². The molecular formula is C23H19FN2OS. The van der Waals surface area contributed by atoms with Crippen molar-refractivity contribution in [2.75, 3.05) is 0 Å². The highest BCUT2D eigenvalue weighted by Crippen LogP contribution is 2.27. The van der Waals surface area contributed by atoms with Gasteiger partial charge < -0.3 is 0 Å². The Kier molecular flexibility index (Phi) is 5.01. The maximum Gasteiger partial charge on any atom is 0.266 e. The molecule has 3 aromatic carbocycles. The lowest BCUT2D eigenvalue weighted by Crippen LogP contribution is -2.22. The molecule has 0 N–H and O–H groups in total. The van der Waals surface area contributed by atoms with Crippen molar-refractivity contribution in [2.45, 2.75) is 24.8 Å². The zero-order valence-corrected chi connectivity index (χ0v) is 16.5. The molecule has 1 heterocycles. The molecule has 0 fully saturated rings. The third kappa shape index (κ3) is 3.45. The van der Waals surface area contributed by atoms with Crippen LogP contribution in [0.3, 0.4) is 0 Å². The Balaban J connectivity index is 1.88. The number of para-hydroxylation sites is 1. The fourth-order valence-electron chi connectivity index (χ4n) is 3.17. The molecule has 0 aliphatic heterocycles. The number of hydrogen-bond donors (Lipinski definition) is 0. The molecule has 4 rings (SSSR count). The molecule has 0 aliphatic carbocycles. The third-order valence-corrected chi connectivity index (χ3v) is 5.83. The van der Waals surface area contributed by atoms with Crippen LogP contribution in [0.5, 0.6) is 0 Å². The average Bonchev–Trinajstić information content (AvgIpc) is 2.69. The van der Waals surface area contributed by atoms with Crippen molar-refractivity contribution in [3.05, 3.63) is 99.6 Å². The summed E-state index contributed by atoms with van der Waals surface area (Å²) in [6, 6.07) is 19.8. The highest BCUT2D eigenvalue weighted by molar-refractivity contribution is 7.98. The minimum Gasteiger partial charge on any atom is -0.268 e. The largest absolute Gasteiger partial charge is 0.268 e. The molecule has 140 valence electrons. The Labute approximate surface area is 166 Å². The summed E-state index contributed by atoms with van der Waals surface area (Å²) >= 11 is 1.43. The standard InChI is InChI=1S/C23H19FN2OS/c1-15-7-5-12-21(16(15)2)26-22(27)19-10-3-4-11-20(19)25-23(26)28-14-17-8-6-9-18(24)13-17/h3-13H,14H2,1-2H3. The Morgan fingerprint density at radius 3 is 2.61 bits per heavy atom. The lowest BCUT2D eigenvalue weighted by Gasteiger charge is -2.16. The maximum absolute atomic E-state index is 13.5. The number of nitrogens with zero attached hydrogens (tertiary/aromatic N) is 2. The molecule has 5 heteroatoms. The summed E-state index contributed by atoms with van der Waals surface area (Å²) in [5.41, 5.74) is 4.38. The van der Waals surface area contributed by atoms with Crippen LogP contribution in [-0.2, 0) is 5.75 Å². The molecule has 0 atom stereocenters. The highest BCUT2D eigenvalue weighted by Gasteiger charge is 2.15. The summed E-state index contributed by atoms with van der Waals surface area (Å²) in [6.07, 6.45) is 0. The predicted octanol–water partition coefficient (Wildman–Crippen LogP) is 5.43. The fraction of sp³-hybridized carbons (Fsp3) is 0.130. The quantitative estimate of drug-likeness (QED) is 0.344. The molecule has 1 aromatic heterocycles. The van der Waals surface area contributed by atoms with Gasteiger partial charge in [0.25, 0.3) is 5.56 Å². The third-order valence-electron chi connectivity index (χ3n) is 4.82. The number of thioether (sulfide) groups is 1. The van der Waals surface area contributed by atoms with Gasteiger partial charge in [-0.15, -0.1) is 0 Å². The van der Waals surface area contributed by atoms with E-state index < -0.39 is 0 Å². The molecule has 0 aliphatic rings. The Hall–Kier alpha value is -2.92. The molecule has 0 spiro atoms. The van der Waals surface area contributed by atoms with Gasteiger partial charge in [-0.05, 0) is 60.9 Å². The van der Waals surface area contributed by atoms with Crippen LogP contribution in [0.25, 0.3) is 16.6 Å². The number of halogens is 1. The molecule has 28 heavy (non-hydrogen) atoms. The van der Waals surface area contributed by atoms with Crippen molar-refractivity contribution < 1.29 is 4.39 Å². The van der Waals surface area contributed by atoms with Crippen LogP contribution in [0.1, 0.15) is 16.7 Å². The summed E-state index contributed by atoms with van der Waals surface area (Å²) in [5, 5.41) is 1.18. The summed E-state index contributed by atoms with van der Waals surface area (Å²) < 4.78 is 15.2. The van der Waals surface area contributed by atoms with Crippen molar-refractivity contribution in [3.8, 4) is 5.69 Å². The number of aromatic nitrogens is 2. The van der Waals surface area contributed by atoms with Crippen LogP contribution in [0.15, 0.2) is 76.7 Å². The number of fused-ring (bicyclic) bond motifs is 1. The van der Waals surface area contributed by atoms with E-state index in [1.807, 2.05) is 56.3 Å². The van der Waals surface area contributed by atoms with Gasteiger partial charge in [-0.25, -0.2) is 9.37 Å². The number of aryl methyl sites for hydroxylation is 1. The van der Waals surface area contributed by atoms with Crippen molar-refractivity contribution >= 4 is 22.7 Å². The predicted molar refractivity (Wildman–Crippen MR) is 113 cm³/mol. The Bertz CT molecular complexity index is 1230. The van der Waals surface area contributed by atoms with Gasteiger partial charge in [0.1, 0.15) is 5.82 Å². The van der Waals surface area contributed by atoms with E-state index in [1.54, 1.807) is 16.7 Å². The van der Waals surface area contributed by atoms with E-state index in [-0.39, 0.29) is 11.4 Å². The van der Waals surface area contributed by atoms with Gasteiger partial charge in [0.2, 0.25) is 0 Å². The molecular weight excluding hydrogens is 371 g/mol. The fourth-order valence-corrected chi connectivity index (χ4v) is 4.12. The zero-order valence-electron chi connectivity index (χ0n) is 15.6. The van der Waals surface area contributed by atoms with Gasteiger partial charge in [0.05, 0.1) is 16.6 Å². The monoisotopic (exact) mass is 390 g/mol. The van der Waals surface area contributed by atoms with E-state index in [0.717, 1.165) is 22.4 Å². The van der Waals surface area contributed by atoms with Crippen LogP contribution in [0, 0.1) is 19.7 Å². The topological polar surface area (TPSA) is 34.9 Å². The van der Waals surface area contributed by atoms with E-state index in [0.29, 0.717) is 21.8 Å². The van der Waals surface area contributed by atoms with Crippen molar-refractivity contribution in [1.29, 1.82) is 0 Å². The Morgan fingerprint density at radius 1 is 1.00 bits per heavy atom. The second kappa shape index (κ2) is 7.60. The van der Waals surface area contributed by atoms with E-state index >= 15 is 0 Å². The number of hydrogen-bond acceptors (Lipinski definition) is 3. The van der Waals surface area contributed by atoms with E-state index in [4.69, 9.17) is 4.98 Å². The molecule has 0 bridgehead atoms. The average molecular weight is 390 g/mol. The van der Waals surface area contributed by atoms with Crippen LogP contribution in [-0.4, -0.2) is 9.55 Å². The Morgan fingerprint density at radius 2 is 1.79 bits per heavy atom. The lowest BCUT2D eigenvalue weighted by atomic mass is 10.1. The second-order valence-electron chi connectivity index (χ2n) is 6.69. The molecule has 3 nitrogen and oxygen atoms in total. The lowest BCUT2D eigenvalue weighted by molar-refractivity contribution is 0.626. The first kappa shape index (κ1) is 18.4. The van der Waals surface area contributed by atoms with E-state index in [2.05, 4.69) is 0 Å². The van der Waals surface area contributed by atoms with Gasteiger partial charge in [-0.2, -0.15) is 0 Å². The van der Waals surface area contributed by atoms with Crippen LogP contribution >= 0.6 is 11.8 Å². The molecule has 0 radical (unpaired) electrons. The minimum absolute atomic E-state index is 0.0963. The zero-order chi connectivity index (χ0) is 19.7. The maximum atomic E-state index is 13.5. The summed E-state index contributed by atoms with van der Waals surface area (Å²) in [4.78, 5) is 18.1. The van der Waals surface area contributed by atoms with Crippen molar-refractivity contribution in [3.63, 3.8) is 0 Å². The normalized spacial score (nSPS) is 11.1. The van der Waals surface area contributed by atoms with Crippen LogP contribution in [0.2, 0.25) is 0 Å². The number of rotatable bonds is 4. The molecule has 0 saturated carbocycles. The van der Waals surface area contributed by atoms with Gasteiger partial charge >= 0.3 is 0 Å². The van der Waals surface area contributed by atoms with Crippen LogP contribution < -0.4 is 5.56 Å². The minimum atomic E-state index is -0.267. The first-order chi connectivity index (χ1) is 13.5. The van der Waals surface area contributed by atoms with Gasteiger partial charge in [-0.3, -0.25) is 9.36 Å². The molecule has 4 aromatic rings. The van der Waals surface area contributed by atoms with Gasteiger partial charge in [-0.1, -0.05) is 48.2 Å². The molecule has 0 amide bonds. The summed E-state index contributed by atoms with van der Waals surface area (Å²) in [6.45, 7) is 4.03. The summed E-state index contributed by atoms with van der Waals surface area (Å²) in [5.74, 6) is 0.254. The van der Waals surface area contributed by atoms with Crippen LogP contribution in [0.4, 0.5) is 4.39 Å². The first-order valence-electron chi connectivity index (χ1n) is 9.00. The van der Waals surface area contributed by atoms with E-state index in [9.17, 15) is 9.18 Å². The van der Waals surface area contributed by atoms with Gasteiger partial charge in [0, 0.05) is 5.75 Å². The van der Waals surface area contributed by atoms with Crippen molar-refractivity contribution in [2.24, 2.45) is 0 Å². The van der Waals surface area contributed by atoms with Gasteiger partial charge in [0.15, 0.2) is 5.16 Å². The van der Waals surface area contributed by atoms with E-state index in [1.165, 1.54) is 23.9 Å². The highest BCUT2D eigenvalue weighted by atomic mass is 32.2. The molecule has 0 saturated heterocycles. The number of benzene rings is 3.